The van der Waals surface area contributed by atoms with Crippen LogP contribution >= 0.6 is 0 Å². The summed E-state index contributed by atoms with van der Waals surface area (Å²) in [6.45, 7) is 8.71. The molecule has 16 heavy (non-hydrogen) atoms. The Labute approximate surface area is 94.2 Å². The summed E-state index contributed by atoms with van der Waals surface area (Å²) in [4.78, 5) is 30.6. The predicted octanol–water partition coefficient (Wildman–Crippen LogP) is 0.713. The van der Waals surface area contributed by atoms with E-state index in [1.54, 1.807) is 0 Å². The van der Waals surface area contributed by atoms with Crippen molar-refractivity contribution in [3.63, 3.8) is 0 Å². The average Bonchev–Trinajstić information content (AvgIpc) is 2.48. The molecule has 0 bridgehead atoms. The zero-order valence-electron chi connectivity index (χ0n) is 9.57. The number of carbonyl (C=O) groups excluding carboxylic acids is 3. The molecule has 0 atom stereocenters. The van der Waals surface area contributed by atoms with E-state index in [9.17, 15) is 14.4 Å². The standard InChI is InChI=1S/C7H12O2.C4H3NO2/c1-5-6(8)9-7(2,3)4;6-3-1-2-4(7)5-3/h5H,1H2,2-4H3;1-2H,(H,5,6,7). The summed E-state index contributed by atoms with van der Waals surface area (Å²) >= 11 is 0. The van der Waals surface area contributed by atoms with Crippen molar-refractivity contribution in [2.24, 2.45) is 0 Å². The maximum atomic E-state index is 10.5. The molecule has 1 heterocycles. The largest absolute Gasteiger partial charge is 0.457 e. The molecule has 0 unspecified atom stereocenters. The number of esters is 1. The van der Waals surface area contributed by atoms with Crippen molar-refractivity contribution in [3.8, 4) is 0 Å². The molecule has 0 fully saturated rings. The van der Waals surface area contributed by atoms with Gasteiger partial charge in [-0.25, -0.2) is 4.79 Å². The van der Waals surface area contributed by atoms with Crippen molar-refractivity contribution >= 4 is 17.8 Å². The van der Waals surface area contributed by atoms with E-state index in [1.165, 1.54) is 12.2 Å². The number of amides is 2. The Bertz CT molecular complexity index is 320. The van der Waals surface area contributed by atoms with E-state index < -0.39 is 5.60 Å². The summed E-state index contributed by atoms with van der Waals surface area (Å²) in [6, 6.07) is 0. The van der Waals surface area contributed by atoms with Gasteiger partial charge in [0.1, 0.15) is 5.60 Å². The summed E-state index contributed by atoms with van der Waals surface area (Å²) in [7, 11) is 0. The van der Waals surface area contributed by atoms with Crippen LogP contribution in [0.4, 0.5) is 0 Å². The van der Waals surface area contributed by atoms with Crippen molar-refractivity contribution in [2.75, 3.05) is 0 Å². The zero-order valence-corrected chi connectivity index (χ0v) is 9.57. The van der Waals surface area contributed by atoms with Crippen LogP contribution in [0.1, 0.15) is 20.8 Å². The van der Waals surface area contributed by atoms with Gasteiger partial charge < -0.3 is 4.74 Å². The summed E-state index contributed by atoms with van der Waals surface area (Å²) in [5, 5.41) is 2.03. The Kier molecular flexibility index (Phi) is 5.15. The van der Waals surface area contributed by atoms with Gasteiger partial charge in [0.25, 0.3) is 11.8 Å². The summed E-state index contributed by atoms with van der Waals surface area (Å²) in [5.41, 5.74) is -0.398. The molecule has 0 aromatic carbocycles. The number of nitrogens with one attached hydrogen (secondary N) is 1. The van der Waals surface area contributed by atoms with Crippen LogP contribution in [-0.2, 0) is 19.1 Å². The molecule has 1 N–H and O–H groups in total. The molecule has 0 aromatic heterocycles. The van der Waals surface area contributed by atoms with Gasteiger partial charge in [0.15, 0.2) is 0 Å². The van der Waals surface area contributed by atoms with Gasteiger partial charge in [0.2, 0.25) is 0 Å². The molecule has 1 aliphatic rings. The molecule has 1 rings (SSSR count). The van der Waals surface area contributed by atoms with Crippen LogP contribution < -0.4 is 5.32 Å². The molecule has 1 aliphatic heterocycles. The monoisotopic (exact) mass is 225 g/mol. The van der Waals surface area contributed by atoms with Gasteiger partial charge in [-0.3, -0.25) is 14.9 Å². The Morgan fingerprint density at radius 1 is 1.31 bits per heavy atom. The molecule has 88 valence electrons. The molecule has 0 aliphatic carbocycles. The smallest absolute Gasteiger partial charge is 0.330 e. The second-order valence-corrected chi connectivity index (χ2v) is 3.92. The number of imide groups is 1. The lowest BCUT2D eigenvalue weighted by Gasteiger charge is -2.17. The number of rotatable bonds is 1. The van der Waals surface area contributed by atoms with Gasteiger partial charge in [-0.05, 0) is 20.8 Å². The first-order valence-electron chi connectivity index (χ1n) is 4.63. The topological polar surface area (TPSA) is 72.5 Å². The van der Waals surface area contributed by atoms with E-state index in [1.807, 2.05) is 26.1 Å². The third-order valence-corrected chi connectivity index (χ3v) is 1.21. The number of carbonyl (C=O) groups is 3. The second-order valence-electron chi connectivity index (χ2n) is 3.92. The van der Waals surface area contributed by atoms with Gasteiger partial charge >= 0.3 is 5.97 Å². The van der Waals surface area contributed by atoms with Crippen molar-refractivity contribution < 1.29 is 19.1 Å². The van der Waals surface area contributed by atoms with E-state index >= 15 is 0 Å². The third-order valence-electron chi connectivity index (χ3n) is 1.21. The Balaban J connectivity index is 0.000000288. The van der Waals surface area contributed by atoms with Crippen LogP contribution in [0, 0.1) is 0 Å². The Morgan fingerprint density at radius 2 is 1.75 bits per heavy atom. The minimum atomic E-state index is -0.398. The lowest BCUT2D eigenvalue weighted by atomic mass is 10.2. The van der Waals surface area contributed by atoms with E-state index in [4.69, 9.17) is 4.74 Å². The predicted molar refractivity (Wildman–Crippen MR) is 58.3 cm³/mol. The van der Waals surface area contributed by atoms with Crippen molar-refractivity contribution in [3.05, 3.63) is 24.8 Å². The number of hydrogen-bond donors (Lipinski definition) is 1. The van der Waals surface area contributed by atoms with Crippen molar-refractivity contribution in [1.29, 1.82) is 0 Å². The van der Waals surface area contributed by atoms with Crippen molar-refractivity contribution in [1.82, 2.24) is 5.32 Å². The lowest BCUT2D eigenvalue weighted by Crippen LogP contribution is -2.22. The highest BCUT2D eigenvalue weighted by molar-refractivity contribution is 6.12. The average molecular weight is 225 g/mol. The normalized spacial score (nSPS) is 13.7. The fourth-order valence-corrected chi connectivity index (χ4v) is 0.700. The lowest BCUT2D eigenvalue weighted by molar-refractivity contribution is -0.148. The highest BCUT2D eigenvalue weighted by atomic mass is 16.6. The third kappa shape index (κ3) is 7.49. The van der Waals surface area contributed by atoms with Crippen molar-refractivity contribution in [2.45, 2.75) is 26.4 Å². The fraction of sp³-hybridized carbons (Fsp3) is 0.364. The minimum Gasteiger partial charge on any atom is -0.457 e. The molecular weight excluding hydrogens is 210 g/mol. The van der Waals surface area contributed by atoms with E-state index in [0.29, 0.717) is 0 Å². The second kappa shape index (κ2) is 5.85. The van der Waals surface area contributed by atoms with Crippen LogP contribution in [0.2, 0.25) is 0 Å². The SMILES string of the molecule is C=CC(=O)OC(C)(C)C.O=C1C=CC(=O)N1. The van der Waals surface area contributed by atoms with Gasteiger partial charge in [-0.2, -0.15) is 0 Å². The quantitative estimate of drug-likeness (QED) is 0.405. The van der Waals surface area contributed by atoms with Crippen LogP contribution in [0.15, 0.2) is 24.8 Å². The van der Waals surface area contributed by atoms with Gasteiger partial charge in [-0.1, -0.05) is 6.58 Å². The molecule has 2 amide bonds. The number of ether oxygens (including phenoxy) is 1. The van der Waals surface area contributed by atoms with Gasteiger partial charge in [0, 0.05) is 18.2 Å². The first-order chi connectivity index (χ1) is 7.24. The van der Waals surface area contributed by atoms with E-state index in [2.05, 4.69) is 6.58 Å². The summed E-state index contributed by atoms with van der Waals surface area (Å²) in [5.74, 6) is -1.03. The van der Waals surface area contributed by atoms with Crippen LogP contribution in [-0.4, -0.2) is 23.4 Å². The highest BCUT2D eigenvalue weighted by Crippen LogP contribution is 2.06. The summed E-state index contributed by atoms with van der Waals surface area (Å²) in [6.07, 6.45) is 3.55. The molecule has 5 nitrogen and oxygen atoms in total. The molecule has 0 saturated carbocycles. The maximum absolute atomic E-state index is 10.5. The van der Waals surface area contributed by atoms with E-state index in [-0.39, 0.29) is 17.8 Å². The zero-order chi connectivity index (χ0) is 12.8. The van der Waals surface area contributed by atoms with Crippen LogP contribution in [0.5, 0.6) is 0 Å². The maximum Gasteiger partial charge on any atom is 0.330 e. The molecule has 0 saturated heterocycles. The Morgan fingerprint density at radius 3 is 1.88 bits per heavy atom. The number of hydrogen-bond acceptors (Lipinski definition) is 4. The molecule has 0 aromatic rings. The first-order valence-corrected chi connectivity index (χ1v) is 4.63. The molecule has 0 spiro atoms. The summed E-state index contributed by atoms with van der Waals surface area (Å²) < 4.78 is 4.83. The first kappa shape index (κ1) is 14.1. The van der Waals surface area contributed by atoms with Crippen LogP contribution in [0.25, 0.3) is 0 Å². The Hall–Kier alpha value is -1.91. The fourth-order valence-electron chi connectivity index (χ4n) is 0.700. The van der Waals surface area contributed by atoms with Crippen LogP contribution in [0.3, 0.4) is 0 Å². The van der Waals surface area contributed by atoms with Gasteiger partial charge in [-0.15, -0.1) is 0 Å². The van der Waals surface area contributed by atoms with Gasteiger partial charge in [0.05, 0.1) is 0 Å². The van der Waals surface area contributed by atoms with E-state index in [0.717, 1.165) is 6.08 Å². The minimum absolute atomic E-state index is 0.329. The highest BCUT2D eigenvalue weighted by Gasteiger charge is 2.12. The molecule has 0 radical (unpaired) electrons. The molecular formula is C11H15NO4. The molecule has 5 heteroatoms.